The summed E-state index contributed by atoms with van der Waals surface area (Å²) < 4.78 is 0. The van der Waals surface area contributed by atoms with Crippen LogP contribution in [0.15, 0.2) is 10.9 Å². The third kappa shape index (κ3) is 1.56. The van der Waals surface area contributed by atoms with Crippen molar-refractivity contribution < 1.29 is 0 Å². The predicted molar refractivity (Wildman–Crippen MR) is 49.1 cm³/mol. The molecule has 0 aliphatic rings. The molecule has 0 saturated carbocycles. The minimum Gasteiger partial charge on any atom is -0.326 e. The van der Waals surface area contributed by atoms with Crippen molar-refractivity contribution in [3.8, 4) is 0 Å². The van der Waals surface area contributed by atoms with Gasteiger partial charge in [-0.05, 0) is 32.4 Å². The molecule has 3 nitrogen and oxygen atoms in total. The summed E-state index contributed by atoms with van der Waals surface area (Å²) in [5.41, 5.74) is 8.17. The van der Waals surface area contributed by atoms with E-state index in [1.54, 1.807) is 6.92 Å². The Balaban J connectivity index is 3.33. The van der Waals surface area contributed by atoms with Gasteiger partial charge in [0.1, 0.15) is 0 Å². The van der Waals surface area contributed by atoms with E-state index in [1.165, 1.54) is 0 Å². The summed E-state index contributed by atoms with van der Waals surface area (Å²) in [7, 11) is 0. The fraction of sp³-hybridized carbons (Fsp3) is 0.444. The summed E-state index contributed by atoms with van der Waals surface area (Å²) in [6.07, 6.45) is 0. The molecule has 1 heterocycles. The Labute approximate surface area is 71.6 Å². The lowest BCUT2D eigenvalue weighted by atomic mass is 10.1. The normalized spacial score (nSPS) is 13.0. The molecule has 0 saturated heterocycles. The number of nitrogens with two attached hydrogens (primary N) is 1. The van der Waals surface area contributed by atoms with Gasteiger partial charge in [-0.1, -0.05) is 0 Å². The maximum atomic E-state index is 11.3. The molecule has 0 spiro atoms. The summed E-state index contributed by atoms with van der Waals surface area (Å²) in [5.74, 6) is 0. The monoisotopic (exact) mass is 166 g/mol. The van der Waals surface area contributed by atoms with Crippen LogP contribution in [0.5, 0.6) is 0 Å². The maximum Gasteiger partial charge on any atom is 0.252 e. The first-order chi connectivity index (χ1) is 5.52. The largest absolute Gasteiger partial charge is 0.326 e. The van der Waals surface area contributed by atoms with Crippen LogP contribution in [0, 0.1) is 13.8 Å². The number of rotatable bonds is 1. The second kappa shape index (κ2) is 3.11. The minimum absolute atomic E-state index is 0.0758. The van der Waals surface area contributed by atoms with Gasteiger partial charge < -0.3 is 10.7 Å². The van der Waals surface area contributed by atoms with Crippen LogP contribution in [0.3, 0.4) is 0 Å². The molecule has 1 aromatic rings. The molecule has 0 radical (unpaired) electrons. The second-order valence-corrected chi connectivity index (χ2v) is 3.15. The minimum atomic E-state index is -0.201. The van der Waals surface area contributed by atoms with E-state index in [0.29, 0.717) is 5.56 Å². The van der Waals surface area contributed by atoms with E-state index in [1.807, 2.05) is 19.9 Å². The van der Waals surface area contributed by atoms with Crippen molar-refractivity contribution >= 4 is 0 Å². The maximum absolute atomic E-state index is 11.3. The molecule has 0 bridgehead atoms. The topological polar surface area (TPSA) is 58.9 Å². The smallest absolute Gasteiger partial charge is 0.252 e. The lowest BCUT2D eigenvalue weighted by Gasteiger charge is -2.06. The molecule has 12 heavy (non-hydrogen) atoms. The number of hydrogen-bond acceptors (Lipinski definition) is 2. The molecule has 1 aromatic heterocycles. The van der Waals surface area contributed by atoms with E-state index in [9.17, 15) is 4.79 Å². The van der Waals surface area contributed by atoms with Crippen molar-refractivity contribution in [1.82, 2.24) is 4.98 Å². The summed E-state index contributed by atoms with van der Waals surface area (Å²) in [6.45, 7) is 5.64. The van der Waals surface area contributed by atoms with Gasteiger partial charge in [-0.2, -0.15) is 0 Å². The van der Waals surface area contributed by atoms with Crippen LogP contribution >= 0.6 is 0 Å². The Kier molecular flexibility index (Phi) is 2.33. The SMILES string of the molecule is Cc1cc(C(C)N)c(=O)[nH]c1C. The van der Waals surface area contributed by atoms with Gasteiger partial charge in [-0.3, -0.25) is 4.79 Å². The van der Waals surface area contributed by atoms with Crippen LogP contribution in [-0.2, 0) is 0 Å². The molecular weight excluding hydrogens is 152 g/mol. The van der Waals surface area contributed by atoms with E-state index < -0.39 is 0 Å². The Hall–Kier alpha value is -1.09. The van der Waals surface area contributed by atoms with Gasteiger partial charge >= 0.3 is 0 Å². The van der Waals surface area contributed by atoms with Gasteiger partial charge in [0.2, 0.25) is 0 Å². The Morgan fingerprint density at radius 3 is 2.58 bits per heavy atom. The van der Waals surface area contributed by atoms with Gasteiger partial charge in [0.05, 0.1) is 0 Å². The van der Waals surface area contributed by atoms with Gasteiger partial charge in [0.25, 0.3) is 5.56 Å². The van der Waals surface area contributed by atoms with E-state index in [0.717, 1.165) is 11.3 Å². The van der Waals surface area contributed by atoms with Gasteiger partial charge in [-0.25, -0.2) is 0 Å². The number of pyridine rings is 1. The Morgan fingerprint density at radius 1 is 1.50 bits per heavy atom. The van der Waals surface area contributed by atoms with E-state index in [-0.39, 0.29) is 11.6 Å². The van der Waals surface area contributed by atoms with E-state index >= 15 is 0 Å². The molecule has 66 valence electrons. The average molecular weight is 166 g/mol. The summed E-state index contributed by atoms with van der Waals surface area (Å²) in [4.78, 5) is 14.1. The van der Waals surface area contributed by atoms with E-state index in [2.05, 4.69) is 4.98 Å². The zero-order valence-electron chi connectivity index (χ0n) is 7.64. The van der Waals surface area contributed by atoms with Crippen molar-refractivity contribution in [1.29, 1.82) is 0 Å². The number of aryl methyl sites for hydroxylation is 2. The zero-order valence-corrected chi connectivity index (χ0v) is 7.64. The highest BCUT2D eigenvalue weighted by Gasteiger charge is 2.06. The van der Waals surface area contributed by atoms with Crippen LogP contribution < -0.4 is 11.3 Å². The first-order valence-corrected chi connectivity index (χ1v) is 3.98. The third-order valence-electron chi connectivity index (χ3n) is 2.02. The summed E-state index contributed by atoms with van der Waals surface area (Å²) >= 11 is 0. The molecule has 0 amide bonds. The van der Waals surface area contributed by atoms with Crippen LogP contribution in [-0.4, -0.2) is 4.98 Å². The molecule has 0 fully saturated rings. The van der Waals surface area contributed by atoms with Crippen molar-refractivity contribution in [2.45, 2.75) is 26.8 Å². The first-order valence-electron chi connectivity index (χ1n) is 3.98. The Morgan fingerprint density at radius 2 is 2.08 bits per heavy atom. The molecule has 0 aromatic carbocycles. The quantitative estimate of drug-likeness (QED) is 0.654. The molecule has 1 atom stereocenters. The van der Waals surface area contributed by atoms with Crippen molar-refractivity contribution in [3.05, 3.63) is 33.2 Å². The highest BCUT2D eigenvalue weighted by Crippen LogP contribution is 2.07. The van der Waals surface area contributed by atoms with E-state index in [4.69, 9.17) is 5.73 Å². The van der Waals surface area contributed by atoms with Crippen molar-refractivity contribution in [2.24, 2.45) is 5.73 Å². The third-order valence-corrected chi connectivity index (χ3v) is 2.02. The molecule has 1 rings (SSSR count). The molecular formula is C9H14N2O. The molecule has 1 unspecified atom stereocenters. The van der Waals surface area contributed by atoms with Gasteiger partial charge in [0, 0.05) is 17.3 Å². The summed E-state index contributed by atoms with van der Waals surface area (Å²) in [6, 6.07) is 1.65. The van der Waals surface area contributed by atoms with Crippen LogP contribution in [0.2, 0.25) is 0 Å². The molecule has 0 aliphatic heterocycles. The number of aromatic nitrogens is 1. The average Bonchev–Trinajstić information content (AvgIpc) is 1.96. The van der Waals surface area contributed by atoms with Crippen molar-refractivity contribution in [2.75, 3.05) is 0 Å². The summed E-state index contributed by atoms with van der Waals surface area (Å²) in [5, 5.41) is 0. The highest BCUT2D eigenvalue weighted by molar-refractivity contribution is 5.24. The number of hydrogen-bond donors (Lipinski definition) is 2. The Bertz CT molecular complexity index is 339. The zero-order chi connectivity index (χ0) is 9.30. The van der Waals surface area contributed by atoms with Crippen LogP contribution in [0.25, 0.3) is 0 Å². The first kappa shape index (κ1) is 9.00. The van der Waals surface area contributed by atoms with Crippen molar-refractivity contribution in [3.63, 3.8) is 0 Å². The highest BCUT2D eigenvalue weighted by atomic mass is 16.1. The number of aromatic amines is 1. The van der Waals surface area contributed by atoms with Gasteiger partial charge in [0.15, 0.2) is 0 Å². The molecule has 3 N–H and O–H groups in total. The lowest BCUT2D eigenvalue weighted by Crippen LogP contribution is -2.20. The fourth-order valence-electron chi connectivity index (χ4n) is 1.09. The van der Waals surface area contributed by atoms with Gasteiger partial charge in [-0.15, -0.1) is 0 Å². The second-order valence-electron chi connectivity index (χ2n) is 3.15. The van der Waals surface area contributed by atoms with Crippen LogP contribution in [0.1, 0.15) is 29.8 Å². The lowest BCUT2D eigenvalue weighted by molar-refractivity contribution is 0.794. The fourth-order valence-corrected chi connectivity index (χ4v) is 1.09. The molecule has 0 aliphatic carbocycles. The number of nitrogens with one attached hydrogen (secondary N) is 1. The van der Waals surface area contributed by atoms with Crippen LogP contribution in [0.4, 0.5) is 0 Å². The molecule has 3 heteroatoms. The standard InChI is InChI=1S/C9H14N2O/c1-5-4-8(6(2)10)9(12)11-7(5)3/h4,6H,10H2,1-3H3,(H,11,12). The predicted octanol–water partition coefficient (Wildman–Crippen LogP) is 1.01. The number of H-pyrrole nitrogens is 1.